The van der Waals surface area contributed by atoms with Crippen molar-refractivity contribution in [1.82, 2.24) is 5.32 Å². The van der Waals surface area contributed by atoms with E-state index in [1.54, 1.807) is 7.11 Å². The minimum absolute atomic E-state index is 0.0322. The van der Waals surface area contributed by atoms with Gasteiger partial charge in [-0.2, -0.15) is 0 Å². The standard InChI is InChI=1S/C17H27NO3/c1-6-7-10-21-14-9-8-13(11-15(14)20-5)12-18-16(19)17(2,3)4/h8-9,11H,6-7,10,12H2,1-5H3,(H,18,19). The Morgan fingerprint density at radius 1 is 1.24 bits per heavy atom. The SMILES string of the molecule is CCCCOc1ccc(CNC(=O)C(C)(C)C)cc1OC. The fraction of sp³-hybridized carbons (Fsp3) is 0.588. The summed E-state index contributed by atoms with van der Waals surface area (Å²) in [6.07, 6.45) is 2.12. The average Bonchev–Trinajstić information content (AvgIpc) is 2.44. The normalized spacial score (nSPS) is 11.1. The van der Waals surface area contributed by atoms with E-state index in [0.717, 1.165) is 24.2 Å². The number of nitrogens with one attached hydrogen (secondary N) is 1. The first kappa shape index (κ1) is 17.3. The van der Waals surface area contributed by atoms with Crippen LogP contribution in [-0.4, -0.2) is 19.6 Å². The van der Waals surface area contributed by atoms with E-state index in [0.29, 0.717) is 18.9 Å². The number of amides is 1. The summed E-state index contributed by atoms with van der Waals surface area (Å²) in [6, 6.07) is 5.75. The molecule has 0 atom stereocenters. The molecule has 4 heteroatoms. The van der Waals surface area contributed by atoms with Gasteiger partial charge in [0, 0.05) is 12.0 Å². The van der Waals surface area contributed by atoms with E-state index in [-0.39, 0.29) is 11.3 Å². The van der Waals surface area contributed by atoms with Crippen molar-refractivity contribution in [2.45, 2.75) is 47.1 Å². The summed E-state index contributed by atoms with van der Waals surface area (Å²) in [4.78, 5) is 11.9. The van der Waals surface area contributed by atoms with Crippen LogP contribution in [0.4, 0.5) is 0 Å². The van der Waals surface area contributed by atoms with Gasteiger partial charge in [0.1, 0.15) is 0 Å². The summed E-state index contributed by atoms with van der Waals surface area (Å²) in [5.74, 6) is 1.48. The molecule has 0 aliphatic rings. The second-order valence-electron chi connectivity index (χ2n) is 6.12. The average molecular weight is 293 g/mol. The summed E-state index contributed by atoms with van der Waals surface area (Å²) in [7, 11) is 1.62. The third kappa shape index (κ3) is 5.66. The van der Waals surface area contributed by atoms with Crippen molar-refractivity contribution in [3.8, 4) is 11.5 Å². The molecule has 1 aromatic carbocycles. The first-order valence-corrected chi connectivity index (χ1v) is 7.46. The van der Waals surface area contributed by atoms with Crippen LogP contribution < -0.4 is 14.8 Å². The predicted molar refractivity (Wildman–Crippen MR) is 84.7 cm³/mol. The van der Waals surface area contributed by atoms with Crippen LogP contribution in [0.1, 0.15) is 46.1 Å². The van der Waals surface area contributed by atoms with Gasteiger partial charge in [0.05, 0.1) is 13.7 Å². The van der Waals surface area contributed by atoms with Crippen LogP contribution in [0.5, 0.6) is 11.5 Å². The van der Waals surface area contributed by atoms with Gasteiger partial charge in [-0.1, -0.05) is 40.2 Å². The number of carbonyl (C=O) groups excluding carboxylic acids is 1. The molecule has 1 rings (SSSR count). The number of unbranched alkanes of at least 4 members (excludes halogenated alkanes) is 1. The Labute approximate surface area is 127 Å². The smallest absolute Gasteiger partial charge is 0.225 e. The predicted octanol–water partition coefficient (Wildman–Crippen LogP) is 3.54. The van der Waals surface area contributed by atoms with E-state index in [9.17, 15) is 4.79 Å². The number of carbonyl (C=O) groups is 1. The van der Waals surface area contributed by atoms with Gasteiger partial charge in [-0.05, 0) is 24.1 Å². The molecule has 4 nitrogen and oxygen atoms in total. The van der Waals surface area contributed by atoms with Gasteiger partial charge in [0.25, 0.3) is 0 Å². The van der Waals surface area contributed by atoms with Gasteiger partial charge in [0.2, 0.25) is 5.91 Å². The Morgan fingerprint density at radius 2 is 1.95 bits per heavy atom. The molecule has 0 fully saturated rings. The molecule has 0 saturated carbocycles. The first-order chi connectivity index (χ1) is 9.88. The lowest BCUT2D eigenvalue weighted by Gasteiger charge is -2.18. The lowest BCUT2D eigenvalue weighted by atomic mass is 9.95. The van der Waals surface area contributed by atoms with Gasteiger partial charge in [-0.3, -0.25) is 4.79 Å². The number of methoxy groups -OCH3 is 1. The second-order valence-corrected chi connectivity index (χ2v) is 6.12. The fourth-order valence-electron chi connectivity index (χ4n) is 1.72. The molecule has 0 radical (unpaired) electrons. The second kappa shape index (κ2) is 7.91. The number of rotatable bonds is 7. The monoisotopic (exact) mass is 293 g/mol. The Bertz CT molecular complexity index is 464. The zero-order chi connectivity index (χ0) is 15.9. The molecule has 0 heterocycles. The molecular formula is C17H27NO3. The molecular weight excluding hydrogens is 266 g/mol. The highest BCUT2D eigenvalue weighted by Crippen LogP contribution is 2.28. The van der Waals surface area contributed by atoms with Gasteiger partial charge >= 0.3 is 0 Å². The fourth-order valence-corrected chi connectivity index (χ4v) is 1.72. The zero-order valence-electron chi connectivity index (χ0n) is 13.8. The van der Waals surface area contributed by atoms with E-state index >= 15 is 0 Å². The summed E-state index contributed by atoms with van der Waals surface area (Å²) in [6.45, 7) is 8.99. The lowest BCUT2D eigenvalue weighted by molar-refractivity contribution is -0.128. The maximum atomic E-state index is 11.9. The Hall–Kier alpha value is -1.71. The van der Waals surface area contributed by atoms with Crippen LogP contribution in [-0.2, 0) is 11.3 Å². The van der Waals surface area contributed by atoms with Crippen molar-refractivity contribution >= 4 is 5.91 Å². The summed E-state index contributed by atoms with van der Waals surface area (Å²) >= 11 is 0. The van der Waals surface area contributed by atoms with Crippen molar-refractivity contribution in [2.24, 2.45) is 5.41 Å². The molecule has 118 valence electrons. The maximum Gasteiger partial charge on any atom is 0.225 e. The van der Waals surface area contributed by atoms with Crippen molar-refractivity contribution in [1.29, 1.82) is 0 Å². The highest BCUT2D eigenvalue weighted by atomic mass is 16.5. The summed E-state index contributed by atoms with van der Waals surface area (Å²) in [5, 5.41) is 2.93. The molecule has 0 unspecified atom stereocenters. The van der Waals surface area contributed by atoms with Gasteiger partial charge in [-0.15, -0.1) is 0 Å². The number of hydrogen-bond donors (Lipinski definition) is 1. The number of hydrogen-bond acceptors (Lipinski definition) is 3. The molecule has 1 aromatic rings. The van der Waals surface area contributed by atoms with Crippen molar-refractivity contribution in [2.75, 3.05) is 13.7 Å². The van der Waals surface area contributed by atoms with Crippen LogP contribution >= 0.6 is 0 Å². The largest absolute Gasteiger partial charge is 0.493 e. The molecule has 0 aliphatic heterocycles. The summed E-state index contributed by atoms with van der Waals surface area (Å²) < 4.78 is 11.0. The lowest BCUT2D eigenvalue weighted by Crippen LogP contribution is -2.34. The zero-order valence-corrected chi connectivity index (χ0v) is 13.8. The van der Waals surface area contributed by atoms with Crippen LogP contribution in [0.3, 0.4) is 0 Å². The molecule has 0 saturated heterocycles. The molecule has 0 aromatic heterocycles. The van der Waals surface area contributed by atoms with Gasteiger partial charge in [-0.25, -0.2) is 0 Å². The topological polar surface area (TPSA) is 47.6 Å². The highest BCUT2D eigenvalue weighted by Gasteiger charge is 2.20. The number of ether oxygens (including phenoxy) is 2. The van der Waals surface area contributed by atoms with Crippen molar-refractivity contribution in [3.63, 3.8) is 0 Å². The van der Waals surface area contributed by atoms with Crippen LogP contribution in [0.2, 0.25) is 0 Å². The third-order valence-corrected chi connectivity index (χ3v) is 3.12. The molecule has 21 heavy (non-hydrogen) atoms. The molecule has 0 spiro atoms. The minimum Gasteiger partial charge on any atom is -0.493 e. The van der Waals surface area contributed by atoms with E-state index in [1.807, 2.05) is 39.0 Å². The molecule has 0 bridgehead atoms. The van der Waals surface area contributed by atoms with E-state index in [4.69, 9.17) is 9.47 Å². The van der Waals surface area contributed by atoms with E-state index in [2.05, 4.69) is 12.2 Å². The van der Waals surface area contributed by atoms with Crippen LogP contribution in [0.15, 0.2) is 18.2 Å². The van der Waals surface area contributed by atoms with E-state index < -0.39 is 0 Å². The van der Waals surface area contributed by atoms with Crippen LogP contribution in [0, 0.1) is 5.41 Å². The molecule has 1 N–H and O–H groups in total. The van der Waals surface area contributed by atoms with E-state index in [1.165, 1.54) is 0 Å². The maximum absolute atomic E-state index is 11.9. The summed E-state index contributed by atoms with van der Waals surface area (Å²) in [5.41, 5.74) is 0.611. The highest BCUT2D eigenvalue weighted by molar-refractivity contribution is 5.81. The number of benzene rings is 1. The third-order valence-electron chi connectivity index (χ3n) is 3.12. The van der Waals surface area contributed by atoms with Gasteiger partial charge in [0.15, 0.2) is 11.5 Å². The molecule has 0 aliphatic carbocycles. The Balaban J connectivity index is 2.67. The quantitative estimate of drug-likeness (QED) is 0.782. The van der Waals surface area contributed by atoms with Crippen LogP contribution in [0.25, 0.3) is 0 Å². The molecule has 1 amide bonds. The Kier molecular flexibility index (Phi) is 6.53. The first-order valence-electron chi connectivity index (χ1n) is 7.46. The van der Waals surface area contributed by atoms with Crippen molar-refractivity contribution < 1.29 is 14.3 Å². The van der Waals surface area contributed by atoms with Crippen molar-refractivity contribution in [3.05, 3.63) is 23.8 Å². The minimum atomic E-state index is -0.382. The van der Waals surface area contributed by atoms with Gasteiger partial charge < -0.3 is 14.8 Å². The Morgan fingerprint density at radius 3 is 2.52 bits per heavy atom.